The van der Waals surface area contributed by atoms with E-state index in [0.29, 0.717) is 5.92 Å². The van der Waals surface area contributed by atoms with Crippen molar-refractivity contribution in [3.8, 4) is 0 Å². The van der Waals surface area contributed by atoms with E-state index >= 15 is 0 Å². The van der Waals surface area contributed by atoms with Gasteiger partial charge in [-0.25, -0.2) is 0 Å². The van der Waals surface area contributed by atoms with Crippen molar-refractivity contribution < 1.29 is 9.84 Å². The summed E-state index contributed by atoms with van der Waals surface area (Å²) in [4.78, 5) is 0. The molecule has 0 radical (unpaired) electrons. The molecule has 0 saturated carbocycles. The Balaban J connectivity index is 3.52. The van der Waals surface area contributed by atoms with Gasteiger partial charge in [-0.1, -0.05) is 6.92 Å². The first-order valence-corrected chi connectivity index (χ1v) is 3.69. The van der Waals surface area contributed by atoms with Crippen LogP contribution in [-0.2, 0) is 4.74 Å². The van der Waals surface area contributed by atoms with Crippen molar-refractivity contribution in [1.29, 1.82) is 0 Å². The average molecular weight is 146 g/mol. The van der Waals surface area contributed by atoms with Crippen LogP contribution in [0.4, 0.5) is 0 Å². The minimum Gasteiger partial charge on any atom is -0.390 e. The van der Waals surface area contributed by atoms with Crippen molar-refractivity contribution in [3.63, 3.8) is 0 Å². The highest BCUT2D eigenvalue weighted by Crippen LogP contribution is 2.18. The molecule has 0 heterocycles. The summed E-state index contributed by atoms with van der Waals surface area (Å²) in [6, 6.07) is 0. The second-order valence-corrected chi connectivity index (χ2v) is 3.34. The molecule has 1 atom stereocenters. The molecule has 0 bridgehead atoms. The molecule has 0 aromatic carbocycles. The molecule has 10 heavy (non-hydrogen) atoms. The van der Waals surface area contributed by atoms with Gasteiger partial charge in [0.1, 0.15) is 0 Å². The maximum Gasteiger partial charge on any atom is 0.0618 e. The van der Waals surface area contributed by atoms with Gasteiger partial charge in [0.25, 0.3) is 0 Å². The van der Waals surface area contributed by atoms with Gasteiger partial charge in [0.2, 0.25) is 0 Å². The van der Waals surface area contributed by atoms with Crippen LogP contribution in [0.5, 0.6) is 0 Å². The van der Waals surface area contributed by atoms with E-state index in [2.05, 4.69) is 0 Å². The van der Waals surface area contributed by atoms with Crippen LogP contribution in [0.3, 0.4) is 0 Å². The Labute approximate surface area is 63.2 Å². The average Bonchev–Trinajstić information content (AvgIpc) is 1.80. The van der Waals surface area contributed by atoms with E-state index < -0.39 is 5.60 Å². The SMILES string of the molecule is COCCC(C)C(C)(C)O. The van der Waals surface area contributed by atoms with Crippen LogP contribution in [0, 0.1) is 5.92 Å². The van der Waals surface area contributed by atoms with Gasteiger partial charge in [-0.05, 0) is 26.2 Å². The van der Waals surface area contributed by atoms with Crippen molar-refractivity contribution in [2.24, 2.45) is 5.92 Å². The third kappa shape index (κ3) is 3.85. The van der Waals surface area contributed by atoms with Gasteiger partial charge < -0.3 is 9.84 Å². The second kappa shape index (κ2) is 3.94. The molecule has 0 amide bonds. The van der Waals surface area contributed by atoms with Crippen molar-refractivity contribution in [3.05, 3.63) is 0 Å². The molecule has 0 aromatic rings. The lowest BCUT2D eigenvalue weighted by molar-refractivity contribution is 0.0110. The van der Waals surface area contributed by atoms with Gasteiger partial charge in [0.05, 0.1) is 5.60 Å². The molecule has 0 aromatic heterocycles. The number of ether oxygens (including phenoxy) is 1. The minimum absolute atomic E-state index is 0.299. The second-order valence-electron chi connectivity index (χ2n) is 3.34. The van der Waals surface area contributed by atoms with Gasteiger partial charge in [-0.15, -0.1) is 0 Å². The van der Waals surface area contributed by atoms with Gasteiger partial charge >= 0.3 is 0 Å². The fourth-order valence-electron chi connectivity index (χ4n) is 0.648. The summed E-state index contributed by atoms with van der Waals surface area (Å²) >= 11 is 0. The highest BCUT2D eigenvalue weighted by atomic mass is 16.5. The molecule has 0 aliphatic rings. The largest absolute Gasteiger partial charge is 0.390 e. The van der Waals surface area contributed by atoms with E-state index in [0.717, 1.165) is 13.0 Å². The lowest BCUT2D eigenvalue weighted by Crippen LogP contribution is -2.29. The Morgan fingerprint density at radius 3 is 2.30 bits per heavy atom. The Kier molecular flexibility index (Phi) is 3.91. The van der Waals surface area contributed by atoms with Crippen LogP contribution in [0.1, 0.15) is 27.2 Å². The number of aliphatic hydroxyl groups is 1. The molecule has 0 aliphatic heterocycles. The number of rotatable bonds is 4. The molecule has 1 unspecified atom stereocenters. The molecule has 0 aliphatic carbocycles. The monoisotopic (exact) mass is 146 g/mol. The third-order valence-corrected chi connectivity index (χ3v) is 1.96. The van der Waals surface area contributed by atoms with Crippen LogP contribution in [-0.4, -0.2) is 24.4 Å². The highest BCUT2D eigenvalue weighted by Gasteiger charge is 2.21. The Morgan fingerprint density at radius 1 is 1.50 bits per heavy atom. The molecule has 2 nitrogen and oxygen atoms in total. The molecule has 0 rings (SSSR count). The van der Waals surface area contributed by atoms with Crippen molar-refractivity contribution in [2.45, 2.75) is 32.8 Å². The van der Waals surface area contributed by atoms with Crippen LogP contribution >= 0.6 is 0 Å². The first kappa shape index (κ1) is 9.92. The summed E-state index contributed by atoms with van der Waals surface area (Å²) in [6.45, 7) is 6.41. The van der Waals surface area contributed by atoms with E-state index in [1.165, 1.54) is 0 Å². The predicted octanol–water partition coefficient (Wildman–Crippen LogP) is 1.43. The number of hydrogen-bond donors (Lipinski definition) is 1. The molecular weight excluding hydrogens is 128 g/mol. The summed E-state index contributed by atoms with van der Waals surface area (Å²) in [5.74, 6) is 0.299. The van der Waals surface area contributed by atoms with Crippen molar-refractivity contribution in [1.82, 2.24) is 0 Å². The lowest BCUT2D eigenvalue weighted by Gasteiger charge is -2.25. The first-order chi connectivity index (χ1) is 4.48. The third-order valence-electron chi connectivity index (χ3n) is 1.96. The van der Waals surface area contributed by atoms with Crippen molar-refractivity contribution >= 4 is 0 Å². The first-order valence-electron chi connectivity index (χ1n) is 3.69. The summed E-state index contributed by atoms with van der Waals surface area (Å²) in [6.07, 6.45) is 0.917. The summed E-state index contributed by atoms with van der Waals surface area (Å²) in [7, 11) is 1.68. The van der Waals surface area contributed by atoms with E-state index in [4.69, 9.17) is 4.74 Å². The molecule has 0 spiro atoms. The maximum absolute atomic E-state index is 9.46. The van der Waals surface area contributed by atoms with Crippen LogP contribution in [0.2, 0.25) is 0 Å². The van der Waals surface area contributed by atoms with Gasteiger partial charge in [0.15, 0.2) is 0 Å². The molecule has 0 fully saturated rings. The Morgan fingerprint density at radius 2 is 2.00 bits per heavy atom. The molecule has 2 heteroatoms. The smallest absolute Gasteiger partial charge is 0.0618 e. The topological polar surface area (TPSA) is 29.5 Å². The molecule has 1 N–H and O–H groups in total. The fraction of sp³-hybridized carbons (Fsp3) is 1.00. The Bertz CT molecular complexity index is 83.7. The van der Waals surface area contributed by atoms with Crippen LogP contribution in [0.25, 0.3) is 0 Å². The molecule has 0 saturated heterocycles. The van der Waals surface area contributed by atoms with Crippen LogP contribution < -0.4 is 0 Å². The van der Waals surface area contributed by atoms with Gasteiger partial charge in [0, 0.05) is 13.7 Å². The van der Waals surface area contributed by atoms with E-state index in [9.17, 15) is 5.11 Å². The summed E-state index contributed by atoms with van der Waals surface area (Å²) in [5, 5.41) is 9.46. The van der Waals surface area contributed by atoms with Gasteiger partial charge in [-0.2, -0.15) is 0 Å². The molecule has 62 valence electrons. The van der Waals surface area contributed by atoms with E-state index in [-0.39, 0.29) is 0 Å². The zero-order valence-electron chi connectivity index (χ0n) is 7.35. The maximum atomic E-state index is 9.46. The standard InChI is InChI=1S/C8H18O2/c1-7(5-6-10-4)8(2,3)9/h7,9H,5-6H2,1-4H3. The quantitative estimate of drug-likeness (QED) is 0.650. The zero-order valence-corrected chi connectivity index (χ0v) is 7.35. The fourth-order valence-corrected chi connectivity index (χ4v) is 0.648. The van der Waals surface area contributed by atoms with Crippen LogP contribution in [0.15, 0.2) is 0 Å². The van der Waals surface area contributed by atoms with E-state index in [1.807, 2.05) is 20.8 Å². The highest BCUT2D eigenvalue weighted by molar-refractivity contribution is 4.72. The normalized spacial score (nSPS) is 15.3. The zero-order chi connectivity index (χ0) is 8.20. The van der Waals surface area contributed by atoms with Gasteiger partial charge in [-0.3, -0.25) is 0 Å². The minimum atomic E-state index is -0.571. The number of hydrogen-bond acceptors (Lipinski definition) is 2. The van der Waals surface area contributed by atoms with E-state index in [1.54, 1.807) is 7.11 Å². The molecular formula is C8H18O2. The predicted molar refractivity (Wildman–Crippen MR) is 42.0 cm³/mol. The number of methoxy groups -OCH3 is 1. The lowest BCUT2D eigenvalue weighted by atomic mass is 9.90. The van der Waals surface area contributed by atoms with Crippen molar-refractivity contribution in [2.75, 3.05) is 13.7 Å². The summed E-state index contributed by atoms with van der Waals surface area (Å²) < 4.78 is 4.90. The summed E-state index contributed by atoms with van der Waals surface area (Å²) in [5.41, 5.74) is -0.571. The Hall–Kier alpha value is -0.0800.